The Bertz CT molecular complexity index is 682. The summed E-state index contributed by atoms with van der Waals surface area (Å²) in [5.74, 6) is 0.389. The van der Waals surface area contributed by atoms with Gasteiger partial charge in [0.25, 0.3) is 0 Å². The Morgan fingerprint density at radius 3 is 2.21 bits per heavy atom. The van der Waals surface area contributed by atoms with Crippen LogP contribution in [0.4, 0.5) is 0 Å². The predicted octanol–water partition coefficient (Wildman–Crippen LogP) is 5.43. The van der Waals surface area contributed by atoms with Gasteiger partial charge < -0.3 is 5.21 Å². The van der Waals surface area contributed by atoms with Gasteiger partial charge in [-0.1, -0.05) is 79.9 Å². The number of benzene rings is 2. The Morgan fingerprint density at radius 2 is 1.54 bits per heavy atom. The molecule has 0 heterocycles. The maximum absolute atomic E-state index is 12.9. The summed E-state index contributed by atoms with van der Waals surface area (Å²) < 4.78 is 1.20. The molecule has 0 atom stereocenters. The molecule has 0 aliphatic heterocycles. The van der Waals surface area contributed by atoms with E-state index in [4.69, 9.17) is 0 Å². The van der Waals surface area contributed by atoms with Crippen molar-refractivity contribution in [2.75, 3.05) is 0 Å². The Balaban J connectivity index is 1.85. The Kier molecular flexibility index (Phi) is 5.84. The molecule has 1 saturated carbocycles. The Labute approximate surface area is 144 Å². The van der Waals surface area contributed by atoms with Crippen molar-refractivity contribution < 1.29 is 4.74 Å². The molecule has 0 unspecified atom stereocenters. The van der Waals surface area contributed by atoms with Crippen molar-refractivity contribution in [2.24, 2.45) is 5.92 Å². The van der Waals surface area contributed by atoms with Crippen molar-refractivity contribution in [2.45, 2.75) is 38.6 Å². The minimum atomic E-state index is 0.389. The van der Waals surface area contributed by atoms with Gasteiger partial charge in [-0.3, -0.25) is 0 Å². The number of allylic oxidation sites excluding steroid dienone is 1. The molecule has 0 radical (unpaired) electrons. The van der Waals surface area contributed by atoms with Gasteiger partial charge in [0.2, 0.25) is 0 Å². The lowest BCUT2D eigenvalue weighted by Crippen LogP contribution is -2.24. The average molecular weight is 319 g/mol. The molecule has 0 N–H and O–H groups in total. The van der Waals surface area contributed by atoms with Crippen LogP contribution < -0.4 is 0 Å². The first-order valence-corrected chi connectivity index (χ1v) is 8.91. The largest absolute Gasteiger partial charge is 0.623 e. The molecule has 2 aromatic rings. The zero-order valence-electron chi connectivity index (χ0n) is 14.1. The first-order valence-electron chi connectivity index (χ1n) is 8.91. The summed E-state index contributed by atoms with van der Waals surface area (Å²) in [5, 5.41) is 12.9. The number of hydrogen-bond acceptors (Lipinski definition) is 1. The highest BCUT2D eigenvalue weighted by Crippen LogP contribution is 2.26. The lowest BCUT2D eigenvalue weighted by Gasteiger charge is -2.22. The minimum Gasteiger partial charge on any atom is -0.623 e. The molecule has 2 aromatic carbocycles. The summed E-state index contributed by atoms with van der Waals surface area (Å²) in [6.45, 7) is 0.422. The van der Waals surface area contributed by atoms with Gasteiger partial charge in [-0.2, -0.15) is 0 Å². The second kappa shape index (κ2) is 8.49. The molecule has 1 fully saturated rings. The van der Waals surface area contributed by atoms with Crippen LogP contribution in [0.5, 0.6) is 0 Å². The average Bonchev–Trinajstić information content (AvgIpc) is 2.64. The zero-order chi connectivity index (χ0) is 16.6. The molecule has 0 saturated heterocycles. The molecule has 1 aliphatic rings. The van der Waals surface area contributed by atoms with E-state index >= 15 is 0 Å². The van der Waals surface area contributed by atoms with E-state index in [2.05, 4.69) is 18.2 Å². The summed E-state index contributed by atoms with van der Waals surface area (Å²) in [6, 6.07) is 20.2. The number of hydroxylamine groups is 1. The van der Waals surface area contributed by atoms with Crippen LogP contribution in [0.25, 0.3) is 6.08 Å². The molecule has 3 rings (SSSR count). The van der Waals surface area contributed by atoms with Crippen molar-refractivity contribution in [3.63, 3.8) is 0 Å². The van der Waals surface area contributed by atoms with E-state index in [1.165, 1.54) is 24.0 Å². The lowest BCUT2D eigenvalue weighted by molar-refractivity contribution is -0.476. The quantitative estimate of drug-likeness (QED) is 0.312. The third-order valence-electron chi connectivity index (χ3n) is 4.73. The van der Waals surface area contributed by atoms with E-state index in [0.29, 0.717) is 12.5 Å². The van der Waals surface area contributed by atoms with Gasteiger partial charge >= 0.3 is 0 Å². The van der Waals surface area contributed by atoms with Crippen LogP contribution in [0.3, 0.4) is 0 Å². The fourth-order valence-corrected chi connectivity index (χ4v) is 3.41. The van der Waals surface area contributed by atoms with E-state index < -0.39 is 0 Å². The maximum Gasteiger partial charge on any atom is 0.190 e. The fraction of sp³-hybridized carbons (Fsp3) is 0.318. The van der Waals surface area contributed by atoms with Crippen molar-refractivity contribution in [3.05, 3.63) is 83.1 Å². The van der Waals surface area contributed by atoms with Crippen molar-refractivity contribution in [3.8, 4) is 0 Å². The highest BCUT2D eigenvalue weighted by molar-refractivity contribution is 5.96. The summed E-state index contributed by atoms with van der Waals surface area (Å²) in [6.07, 6.45) is 10.1. The zero-order valence-corrected chi connectivity index (χ0v) is 14.1. The molecule has 0 amide bonds. The standard InChI is InChI=1S/C22H25NO/c24-23(18-20-12-6-2-7-13-20)22(21-14-8-3-9-15-21)17-16-19-10-4-1-5-11-19/h1-2,4-7,10-13,16-17,21H,3,8-9,14-15,18H2/b17-16+,23-22+. The Hall–Kier alpha value is -2.35. The minimum absolute atomic E-state index is 0.389. The van der Waals surface area contributed by atoms with Crippen LogP contribution in [-0.4, -0.2) is 10.5 Å². The van der Waals surface area contributed by atoms with Crippen LogP contribution in [0.15, 0.2) is 66.7 Å². The summed E-state index contributed by atoms with van der Waals surface area (Å²) >= 11 is 0. The van der Waals surface area contributed by atoms with Gasteiger partial charge in [-0.05, 0) is 24.5 Å². The summed E-state index contributed by atoms with van der Waals surface area (Å²) in [4.78, 5) is 0. The van der Waals surface area contributed by atoms with Crippen LogP contribution in [-0.2, 0) is 6.54 Å². The first-order chi connectivity index (χ1) is 11.8. The van der Waals surface area contributed by atoms with Gasteiger partial charge in [0.05, 0.1) is 0 Å². The number of hydrogen-bond donors (Lipinski definition) is 0. The second-order valence-electron chi connectivity index (χ2n) is 6.53. The van der Waals surface area contributed by atoms with Gasteiger partial charge in [0.1, 0.15) is 0 Å². The highest BCUT2D eigenvalue weighted by Gasteiger charge is 2.23. The number of rotatable bonds is 5. The molecule has 24 heavy (non-hydrogen) atoms. The third kappa shape index (κ3) is 4.58. The van der Waals surface area contributed by atoms with Crippen molar-refractivity contribution in [1.82, 2.24) is 0 Å². The Morgan fingerprint density at radius 1 is 0.917 bits per heavy atom. The molecule has 0 aromatic heterocycles. The van der Waals surface area contributed by atoms with E-state index in [1.54, 1.807) is 0 Å². The fourth-order valence-electron chi connectivity index (χ4n) is 3.41. The van der Waals surface area contributed by atoms with E-state index in [1.807, 2.05) is 54.6 Å². The highest BCUT2D eigenvalue weighted by atomic mass is 16.5. The summed E-state index contributed by atoms with van der Waals surface area (Å²) in [5.41, 5.74) is 3.13. The smallest absolute Gasteiger partial charge is 0.190 e. The lowest BCUT2D eigenvalue weighted by atomic mass is 9.85. The van der Waals surface area contributed by atoms with Gasteiger partial charge in [0, 0.05) is 17.6 Å². The van der Waals surface area contributed by atoms with Crippen LogP contribution in [0.1, 0.15) is 43.2 Å². The molecule has 2 nitrogen and oxygen atoms in total. The SMILES string of the molecule is [O-]/[N+](Cc1ccccc1)=C(\C=C\c1ccccc1)C1CCCCC1. The van der Waals surface area contributed by atoms with Gasteiger partial charge in [-0.15, -0.1) is 0 Å². The monoisotopic (exact) mass is 319 g/mol. The number of nitrogens with zero attached hydrogens (tertiary/aromatic N) is 1. The van der Waals surface area contributed by atoms with Crippen LogP contribution >= 0.6 is 0 Å². The van der Waals surface area contributed by atoms with Crippen molar-refractivity contribution >= 4 is 11.8 Å². The molecular weight excluding hydrogens is 294 g/mol. The molecule has 1 aliphatic carbocycles. The summed E-state index contributed by atoms with van der Waals surface area (Å²) in [7, 11) is 0. The molecule has 0 spiro atoms. The van der Waals surface area contributed by atoms with Crippen molar-refractivity contribution in [1.29, 1.82) is 0 Å². The normalized spacial score (nSPS) is 17.0. The molecule has 0 bridgehead atoms. The van der Waals surface area contributed by atoms with Crippen LogP contribution in [0, 0.1) is 11.1 Å². The first kappa shape index (κ1) is 16.5. The molecular formula is C22H25NO. The second-order valence-corrected chi connectivity index (χ2v) is 6.53. The van der Waals surface area contributed by atoms with E-state index in [0.717, 1.165) is 29.7 Å². The molecule has 124 valence electrons. The van der Waals surface area contributed by atoms with Crippen LogP contribution in [0.2, 0.25) is 0 Å². The maximum atomic E-state index is 12.9. The van der Waals surface area contributed by atoms with Gasteiger partial charge in [-0.25, -0.2) is 4.74 Å². The van der Waals surface area contributed by atoms with E-state index in [9.17, 15) is 5.21 Å². The van der Waals surface area contributed by atoms with Gasteiger partial charge in [0.15, 0.2) is 12.3 Å². The topological polar surface area (TPSA) is 26.1 Å². The predicted molar refractivity (Wildman–Crippen MR) is 101 cm³/mol. The third-order valence-corrected chi connectivity index (χ3v) is 4.73. The van der Waals surface area contributed by atoms with E-state index in [-0.39, 0.29) is 0 Å². The molecule has 2 heteroatoms.